The lowest BCUT2D eigenvalue weighted by molar-refractivity contribution is -0.116. The molecule has 4 N–H and O–H groups in total. The van der Waals surface area contributed by atoms with Gasteiger partial charge in [0, 0.05) is 42.2 Å². The van der Waals surface area contributed by atoms with Crippen LogP contribution in [0.3, 0.4) is 0 Å². The van der Waals surface area contributed by atoms with Crippen LogP contribution in [0.5, 0.6) is 0 Å². The molecule has 1 aliphatic rings. The van der Waals surface area contributed by atoms with Crippen molar-refractivity contribution in [2.75, 3.05) is 35.6 Å². The molecule has 1 heterocycles. The third kappa shape index (κ3) is 8.47. The number of benzene rings is 3. The molecule has 1 fully saturated rings. The molecule has 0 radical (unpaired) electrons. The minimum atomic E-state index is -0.231. The third-order valence-corrected chi connectivity index (χ3v) is 6.03. The Bertz CT molecular complexity index is 1190. The largest absolute Gasteiger partial charge is 0.376 e. The van der Waals surface area contributed by atoms with Gasteiger partial charge in [0.1, 0.15) is 0 Å². The van der Waals surface area contributed by atoms with Crippen LogP contribution in [0, 0.1) is 0 Å². The lowest BCUT2D eigenvalue weighted by atomic mass is 10.1. The number of carbonyl (C=O) groups excluding carboxylic acids is 3. The number of hydrogen-bond donors (Lipinski definition) is 4. The van der Waals surface area contributed by atoms with E-state index in [4.69, 9.17) is 4.74 Å². The van der Waals surface area contributed by atoms with Crippen molar-refractivity contribution in [2.45, 2.75) is 31.8 Å². The van der Waals surface area contributed by atoms with Gasteiger partial charge in [-0.25, -0.2) is 0 Å². The number of rotatable bonds is 11. The standard InChI is InChI=1S/C29H32N4O4/c34-27(16-11-21-6-2-1-3-7-21)32-24-8-4-9-25(18-24)33-28(35)20-30-23-14-12-22(13-15-23)29(36)31-19-26-10-5-17-37-26/h1-4,6-9,12-15,18,26,30H,5,10-11,16-17,19-20H2,(H,31,36)(H,32,34)(H,33,35). The van der Waals surface area contributed by atoms with Crippen LogP contribution in [0.2, 0.25) is 0 Å². The maximum absolute atomic E-state index is 12.4. The summed E-state index contributed by atoms with van der Waals surface area (Å²) in [5.74, 6) is -0.462. The highest BCUT2D eigenvalue weighted by Gasteiger charge is 2.16. The van der Waals surface area contributed by atoms with E-state index in [9.17, 15) is 14.4 Å². The third-order valence-electron chi connectivity index (χ3n) is 6.03. The van der Waals surface area contributed by atoms with E-state index < -0.39 is 0 Å². The fourth-order valence-corrected chi connectivity index (χ4v) is 4.04. The van der Waals surface area contributed by atoms with E-state index >= 15 is 0 Å². The number of carbonyl (C=O) groups is 3. The van der Waals surface area contributed by atoms with Crippen molar-refractivity contribution in [1.29, 1.82) is 0 Å². The Morgan fingerprint density at radius 3 is 2.24 bits per heavy atom. The van der Waals surface area contributed by atoms with Crippen molar-refractivity contribution in [1.82, 2.24) is 5.32 Å². The van der Waals surface area contributed by atoms with Crippen LogP contribution in [0.4, 0.5) is 17.1 Å². The van der Waals surface area contributed by atoms with Crippen LogP contribution in [0.1, 0.15) is 35.2 Å². The van der Waals surface area contributed by atoms with E-state index in [0.717, 1.165) is 30.7 Å². The van der Waals surface area contributed by atoms with Gasteiger partial charge in [-0.1, -0.05) is 36.4 Å². The normalized spacial score (nSPS) is 14.5. The summed E-state index contributed by atoms with van der Waals surface area (Å²) in [5, 5.41) is 11.7. The van der Waals surface area contributed by atoms with Crippen LogP contribution in [-0.4, -0.2) is 43.5 Å². The second-order valence-electron chi connectivity index (χ2n) is 8.94. The molecule has 0 bridgehead atoms. The predicted molar refractivity (Wildman–Crippen MR) is 145 cm³/mol. The Morgan fingerprint density at radius 2 is 1.54 bits per heavy atom. The minimum Gasteiger partial charge on any atom is -0.376 e. The molecule has 0 spiro atoms. The van der Waals surface area contributed by atoms with Gasteiger partial charge >= 0.3 is 0 Å². The highest BCUT2D eigenvalue weighted by Crippen LogP contribution is 2.16. The van der Waals surface area contributed by atoms with Crippen LogP contribution >= 0.6 is 0 Å². The van der Waals surface area contributed by atoms with Gasteiger partial charge in [-0.15, -0.1) is 0 Å². The number of nitrogens with one attached hydrogen (secondary N) is 4. The summed E-state index contributed by atoms with van der Waals surface area (Å²) in [5.41, 5.74) is 3.60. The van der Waals surface area contributed by atoms with Gasteiger partial charge in [-0.05, 0) is 67.3 Å². The summed E-state index contributed by atoms with van der Waals surface area (Å²) in [6.07, 6.45) is 3.14. The van der Waals surface area contributed by atoms with E-state index in [2.05, 4.69) is 21.3 Å². The number of aryl methyl sites for hydroxylation is 1. The molecule has 1 aliphatic heterocycles. The summed E-state index contributed by atoms with van der Waals surface area (Å²) in [7, 11) is 0. The first-order chi connectivity index (χ1) is 18.0. The Morgan fingerprint density at radius 1 is 0.811 bits per heavy atom. The highest BCUT2D eigenvalue weighted by atomic mass is 16.5. The summed E-state index contributed by atoms with van der Waals surface area (Å²) >= 11 is 0. The number of ether oxygens (including phenoxy) is 1. The van der Waals surface area contributed by atoms with Crippen molar-refractivity contribution in [3.8, 4) is 0 Å². The molecule has 37 heavy (non-hydrogen) atoms. The SMILES string of the molecule is O=C(CCc1ccccc1)Nc1cccc(NC(=O)CNc2ccc(C(=O)NCC3CCCO3)cc2)c1. The fraction of sp³-hybridized carbons (Fsp3) is 0.276. The van der Waals surface area contributed by atoms with Gasteiger partial charge in [0.2, 0.25) is 11.8 Å². The molecule has 1 atom stereocenters. The van der Waals surface area contributed by atoms with Crippen LogP contribution < -0.4 is 21.3 Å². The predicted octanol–water partition coefficient (Wildman–Crippen LogP) is 4.22. The molecular weight excluding hydrogens is 468 g/mol. The maximum atomic E-state index is 12.4. The molecule has 1 unspecified atom stereocenters. The highest BCUT2D eigenvalue weighted by molar-refractivity contribution is 5.96. The van der Waals surface area contributed by atoms with Crippen LogP contribution in [-0.2, 0) is 20.7 Å². The lowest BCUT2D eigenvalue weighted by Gasteiger charge is -2.12. The van der Waals surface area contributed by atoms with Crippen molar-refractivity contribution in [2.24, 2.45) is 0 Å². The zero-order valence-electron chi connectivity index (χ0n) is 20.7. The summed E-state index contributed by atoms with van der Waals surface area (Å²) in [6.45, 7) is 1.32. The average molecular weight is 501 g/mol. The Kier molecular flexibility index (Phi) is 9.26. The molecule has 1 saturated heterocycles. The van der Waals surface area contributed by atoms with Crippen molar-refractivity contribution in [3.05, 3.63) is 90.0 Å². The molecule has 4 rings (SSSR count). The first-order valence-corrected chi connectivity index (χ1v) is 12.5. The Hall–Kier alpha value is -4.17. The first kappa shape index (κ1) is 25.9. The van der Waals surface area contributed by atoms with E-state index in [1.54, 1.807) is 48.5 Å². The molecular formula is C29H32N4O4. The molecule has 192 valence electrons. The minimum absolute atomic E-state index is 0.0538. The lowest BCUT2D eigenvalue weighted by Crippen LogP contribution is -2.31. The molecule has 3 aromatic rings. The van der Waals surface area contributed by atoms with Gasteiger partial charge in [0.25, 0.3) is 5.91 Å². The van der Waals surface area contributed by atoms with Gasteiger partial charge in [0.05, 0.1) is 12.6 Å². The van der Waals surface area contributed by atoms with Gasteiger partial charge < -0.3 is 26.0 Å². The monoisotopic (exact) mass is 500 g/mol. The van der Waals surface area contributed by atoms with E-state index in [0.29, 0.717) is 36.3 Å². The average Bonchev–Trinajstić information content (AvgIpc) is 3.44. The summed E-state index contributed by atoms with van der Waals surface area (Å²) in [4.78, 5) is 37.0. The second kappa shape index (κ2) is 13.2. The van der Waals surface area contributed by atoms with Gasteiger partial charge in [-0.2, -0.15) is 0 Å². The molecule has 8 nitrogen and oxygen atoms in total. The summed E-state index contributed by atoms with van der Waals surface area (Å²) < 4.78 is 5.52. The number of amides is 3. The number of hydrogen-bond acceptors (Lipinski definition) is 5. The van der Waals surface area contributed by atoms with Crippen molar-refractivity contribution < 1.29 is 19.1 Å². The molecule has 3 amide bonds. The van der Waals surface area contributed by atoms with Gasteiger partial charge in [0.15, 0.2) is 0 Å². The van der Waals surface area contributed by atoms with E-state index in [1.807, 2.05) is 30.3 Å². The molecule has 0 aromatic heterocycles. The van der Waals surface area contributed by atoms with Crippen molar-refractivity contribution >= 4 is 34.8 Å². The quantitative estimate of drug-likeness (QED) is 0.315. The Labute approximate surface area is 216 Å². The van der Waals surface area contributed by atoms with E-state index in [-0.39, 0.29) is 30.4 Å². The first-order valence-electron chi connectivity index (χ1n) is 12.5. The van der Waals surface area contributed by atoms with E-state index in [1.165, 1.54) is 0 Å². The topological polar surface area (TPSA) is 109 Å². The maximum Gasteiger partial charge on any atom is 0.251 e. The summed E-state index contributed by atoms with van der Waals surface area (Å²) in [6, 6.07) is 23.9. The van der Waals surface area contributed by atoms with Crippen LogP contribution in [0.15, 0.2) is 78.9 Å². The van der Waals surface area contributed by atoms with Gasteiger partial charge in [-0.3, -0.25) is 14.4 Å². The second-order valence-corrected chi connectivity index (χ2v) is 8.94. The molecule has 0 aliphatic carbocycles. The number of anilines is 3. The molecule has 0 saturated carbocycles. The molecule has 8 heteroatoms. The smallest absolute Gasteiger partial charge is 0.251 e. The fourth-order valence-electron chi connectivity index (χ4n) is 4.04. The zero-order valence-corrected chi connectivity index (χ0v) is 20.7. The van der Waals surface area contributed by atoms with Crippen LogP contribution in [0.25, 0.3) is 0 Å². The van der Waals surface area contributed by atoms with Crippen molar-refractivity contribution in [3.63, 3.8) is 0 Å². The Balaban J connectivity index is 1.19. The zero-order chi connectivity index (χ0) is 25.9. The molecule has 3 aromatic carbocycles.